The molecule has 5 nitrogen and oxygen atoms in total. The monoisotopic (exact) mass is 363 g/mol. The maximum atomic E-state index is 13.3. The zero-order chi connectivity index (χ0) is 18.8. The van der Waals surface area contributed by atoms with E-state index >= 15 is 0 Å². The highest BCUT2D eigenvalue weighted by Crippen LogP contribution is 2.34. The second-order valence-electron chi connectivity index (χ2n) is 5.93. The largest absolute Gasteiger partial charge is 0.493 e. The standard InChI is InChI=1S/C19H25NO4S/c1-7-20(19-14(3)10-13(2)11-15(19)4)25(21,22)16-8-9-17(23-5)18(12-16)24-6/h8-12H,7H2,1-6H3. The highest BCUT2D eigenvalue weighted by atomic mass is 32.2. The average Bonchev–Trinajstić information content (AvgIpc) is 2.56. The summed E-state index contributed by atoms with van der Waals surface area (Å²) in [5.41, 5.74) is 3.70. The van der Waals surface area contributed by atoms with Gasteiger partial charge in [-0.3, -0.25) is 4.31 Å². The van der Waals surface area contributed by atoms with Crippen molar-refractivity contribution in [1.29, 1.82) is 0 Å². The quantitative estimate of drug-likeness (QED) is 0.782. The summed E-state index contributed by atoms with van der Waals surface area (Å²) >= 11 is 0. The first kappa shape index (κ1) is 19.1. The van der Waals surface area contributed by atoms with Crippen LogP contribution in [0.1, 0.15) is 23.6 Å². The number of aryl methyl sites for hydroxylation is 3. The smallest absolute Gasteiger partial charge is 0.264 e. The molecule has 0 N–H and O–H groups in total. The van der Waals surface area contributed by atoms with Crippen LogP contribution in [0.3, 0.4) is 0 Å². The van der Waals surface area contributed by atoms with Crippen LogP contribution >= 0.6 is 0 Å². The van der Waals surface area contributed by atoms with Crippen molar-refractivity contribution in [3.05, 3.63) is 47.0 Å². The minimum atomic E-state index is -3.72. The van der Waals surface area contributed by atoms with E-state index in [2.05, 4.69) is 0 Å². The lowest BCUT2D eigenvalue weighted by Crippen LogP contribution is -2.32. The van der Waals surface area contributed by atoms with E-state index in [1.165, 1.54) is 30.7 Å². The number of sulfonamides is 1. The molecule has 0 aliphatic carbocycles. The second kappa shape index (κ2) is 7.35. The van der Waals surface area contributed by atoms with Crippen LogP contribution in [0.4, 0.5) is 5.69 Å². The van der Waals surface area contributed by atoms with Gasteiger partial charge in [-0.1, -0.05) is 17.7 Å². The average molecular weight is 363 g/mol. The fraction of sp³-hybridized carbons (Fsp3) is 0.368. The van der Waals surface area contributed by atoms with E-state index in [9.17, 15) is 8.42 Å². The van der Waals surface area contributed by atoms with E-state index in [-0.39, 0.29) is 4.90 Å². The van der Waals surface area contributed by atoms with Crippen molar-refractivity contribution < 1.29 is 17.9 Å². The van der Waals surface area contributed by atoms with E-state index in [4.69, 9.17) is 9.47 Å². The zero-order valence-electron chi connectivity index (χ0n) is 15.6. The predicted octanol–water partition coefficient (Wildman–Crippen LogP) is 3.84. The topological polar surface area (TPSA) is 55.8 Å². The molecule has 0 aliphatic rings. The molecule has 0 bridgehead atoms. The first-order valence-corrected chi connectivity index (χ1v) is 9.52. The fourth-order valence-corrected chi connectivity index (χ4v) is 4.74. The number of methoxy groups -OCH3 is 2. The maximum Gasteiger partial charge on any atom is 0.264 e. The molecular formula is C19H25NO4S. The van der Waals surface area contributed by atoms with Crippen molar-refractivity contribution in [1.82, 2.24) is 0 Å². The number of hydrogen-bond donors (Lipinski definition) is 0. The van der Waals surface area contributed by atoms with Gasteiger partial charge in [0, 0.05) is 12.6 Å². The summed E-state index contributed by atoms with van der Waals surface area (Å²) in [5.74, 6) is 0.879. The van der Waals surface area contributed by atoms with Crippen LogP contribution in [0.25, 0.3) is 0 Å². The third-order valence-electron chi connectivity index (χ3n) is 4.12. The summed E-state index contributed by atoms with van der Waals surface area (Å²) in [6.45, 7) is 8.03. The third-order valence-corrected chi connectivity index (χ3v) is 5.99. The van der Waals surface area contributed by atoms with Crippen LogP contribution in [0.2, 0.25) is 0 Å². The second-order valence-corrected chi connectivity index (χ2v) is 7.80. The number of anilines is 1. The van der Waals surface area contributed by atoms with Gasteiger partial charge in [0.1, 0.15) is 0 Å². The molecule has 0 saturated carbocycles. The molecular weight excluding hydrogens is 338 g/mol. The summed E-state index contributed by atoms with van der Waals surface area (Å²) < 4.78 is 38.4. The SMILES string of the molecule is CCN(c1c(C)cc(C)cc1C)S(=O)(=O)c1ccc(OC)c(OC)c1. The van der Waals surface area contributed by atoms with Gasteiger partial charge in [-0.2, -0.15) is 0 Å². The van der Waals surface area contributed by atoms with Gasteiger partial charge < -0.3 is 9.47 Å². The van der Waals surface area contributed by atoms with E-state index in [1.807, 2.05) is 39.8 Å². The summed E-state index contributed by atoms with van der Waals surface area (Å²) in [6.07, 6.45) is 0. The number of hydrogen-bond acceptors (Lipinski definition) is 4. The molecule has 0 amide bonds. The summed E-state index contributed by atoms with van der Waals surface area (Å²) in [4.78, 5) is 0.173. The molecule has 0 unspecified atom stereocenters. The van der Waals surface area contributed by atoms with E-state index < -0.39 is 10.0 Å². The molecule has 0 spiro atoms. The van der Waals surface area contributed by atoms with Crippen LogP contribution < -0.4 is 13.8 Å². The Labute approximate surface area is 150 Å². The molecule has 136 valence electrons. The van der Waals surface area contributed by atoms with Gasteiger partial charge in [0.15, 0.2) is 11.5 Å². The fourth-order valence-electron chi connectivity index (χ4n) is 3.12. The third kappa shape index (κ3) is 3.58. The first-order chi connectivity index (χ1) is 11.8. The van der Waals surface area contributed by atoms with Crippen molar-refractivity contribution in [3.8, 4) is 11.5 Å². The van der Waals surface area contributed by atoms with Crippen LogP contribution in [0.5, 0.6) is 11.5 Å². The number of benzene rings is 2. The van der Waals surface area contributed by atoms with Gasteiger partial charge in [0.25, 0.3) is 10.0 Å². The Balaban J connectivity index is 2.61. The number of rotatable bonds is 6. The lowest BCUT2D eigenvalue weighted by atomic mass is 10.1. The lowest BCUT2D eigenvalue weighted by molar-refractivity contribution is 0.354. The Bertz CT molecular complexity index is 852. The predicted molar refractivity (Wildman–Crippen MR) is 100 cm³/mol. The van der Waals surface area contributed by atoms with Crippen LogP contribution in [0.15, 0.2) is 35.2 Å². The highest BCUT2D eigenvalue weighted by Gasteiger charge is 2.27. The van der Waals surface area contributed by atoms with Crippen molar-refractivity contribution in [2.45, 2.75) is 32.6 Å². The van der Waals surface area contributed by atoms with E-state index in [1.54, 1.807) is 6.07 Å². The van der Waals surface area contributed by atoms with Crippen molar-refractivity contribution in [3.63, 3.8) is 0 Å². The molecule has 0 aromatic heterocycles. The van der Waals surface area contributed by atoms with E-state index in [0.717, 1.165) is 22.4 Å². The van der Waals surface area contributed by atoms with Crippen molar-refractivity contribution in [2.24, 2.45) is 0 Å². The minimum Gasteiger partial charge on any atom is -0.493 e. The van der Waals surface area contributed by atoms with Gasteiger partial charge in [0.05, 0.1) is 24.8 Å². The van der Waals surface area contributed by atoms with Crippen LogP contribution in [0, 0.1) is 20.8 Å². The molecule has 2 aromatic carbocycles. The van der Waals surface area contributed by atoms with Gasteiger partial charge in [0.2, 0.25) is 0 Å². The van der Waals surface area contributed by atoms with Gasteiger partial charge in [-0.15, -0.1) is 0 Å². The van der Waals surface area contributed by atoms with Crippen molar-refractivity contribution in [2.75, 3.05) is 25.1 Å². The summed E-state index contributed by atoms with van der Waals surface area (Å²) in [6, 6.07) is 8.63. The number of ether oxygens (including phenoxy) is 2. The van der Waals surface area contributed by atoms with Gasteiger partial charge in [-0.05, 0) is 51.0 Å². The molecule has 2 aromatic rings. The Hall–Kier alpha value is -2.21. The first-order valence-electron chi connectivity index (χ1n) is 8.08. The molecule has 6 heteroatoms. The molecule has 0 fully saturated rings. The molecule has 0 aliphatic heterocycles. The van der Waals surface area contributed by atoms with Crippen molar-refractivity contribution >= 4 is 15.7 Å². The van der Waals surface area contributed by atoms with Crippen LogP contribution in [-0.4, -0.2) is 29.2 Å². The molecule has 0 atom stereocenters. The summed E-state index contributed by atoms with van der Waals surface area (Å²) in [5, 5.41) is 0. The zero-order valence-corrected chi connectivity index (χ0v) is 16.4. The Morgan fingerprint density at radius 2 is 1.48 bits per heavy atom. The van der Waals surface area contributed by atoms with Crippen LogP contribution in [-0.2, 0) is 10.0 Å². The Morgan fingerprint density at radius 3 is 1.96 bits per heavy atom. The maximum absolute atomic E-state index is 13.3. The summed E-state index contributed by atoms with van der Waals surface area (Å²) in [7, 11) is -0.718. The molecule has 0 radical (unpaired) electrons. The van der Waals surface area contributed by atoms with Gasteiger partial charge >= 0.3 is 0 Å². The molecule has 0 heterocycles. The Kier molecular flexibility index (Phi) is 5.62. The van der Waals surface area contributed by atoms with E-state index in [0.29, 0.717) is 18.0 Å². The molecule has 25 heavy (non-hydrogen) atoms. The molecule has 2 rings (SSSR count). The minimum absolute atomic E-state index is 0.173. The van der Waals surface area contributed by atoms with Gasteiger partial charge in [-0.25, -0.2) is 8.42 Å². The normalized spacial score (nSPS) is 11.3. The Morgan fingerprint density at radius 1 is 0.920 bits per heavy atom. The lowest BCUT2D eigenvalue weighted by Gasteiger charge is -2.27. The highest BCUT2D eigenvalue weighted by molar-refractivity contribution is 7.92. The number of nitrogens with zero attached hydrogens (tertiary/aromatic N) is 1. The molecule has 0 saturated heterocycles.